The molecule has 3 aromatic rings. The van der Waals surface area contributed by atoms with Crippen molar-refractivity contribution >= 4 is 22.5 Å². The molecular weight excluding hydrogens is 416 g/mol. The van der Waals surface area contributed by atoms with Gasteiger partial charge in [-0.3, -0.25) is 9.89 Å². The molecule has 0 spiro atoms. The number of aromatic amines is 2. The van der Waals surface area contributed by atoms with Crippen LogP contribution in [0.2, 0.25) is 0 Å². The molecular formula is C26H34N4O3. The van der Waals surface area contributed by atoms with Crippen molar-refractivity contribution in [2.45, 2.75) is 64.9 Å². The van der Waals surface area contributed by atoms with Crippen LogP contribution in [0.3, 0.4) is 0 Å². The van der Waals surface area contributed by atoms with E-state index in [4.69, 9.17) is 0 Å². The van der Waals surface area contributed by atoms with E-state index in [-0.39, 0.29) is 31.1 Å². The van der Waals surface area contributed by atoms with Gasteiger partial charge in [0.05, 0.1) is 18.4 Å². The van der Waals surface area contributed by atoms with Gasteiger partial charge in [-0.25, -0.2) is 0 Å². The highest BCUT2D eigenvalue weighted by Crippen LogP contribution is 2.38. The summed E-state index contributed by atoms with van der Waals surface area (Å²) in [5.41, 5.74) is 6.54. The Hall–Kier alpha value is -2.64. The first-order valence-electron chi connectivity index (χ1n) is 12.1. The Balaban J connectivity index is 1.43. The molecule has 2 aliphatic rings. The van der Waals surface area contributed by atoms with Crippen molar-refractivity contribution < 1.29 is 15.0 Å². The maximum absolute atomic E-state index is 13.2. The van der Waals surface area contributed by atoms with Crippen LogP contribution in [0, 0.1) is 11.3 Å². The molecule has 2 aromatic heterocycles. The zero-order chi connectivity index (χ0) is 23.2. The van der Waals surface area contributed by atoms with Gasteiger partial charge in [-0.15, -0.1) is 0 Å². The van der Waals surface area contributed by atoms with E-state index in [2.05, 4.69) is 35.1 Å². The number of aliphatic hydroxyl groups excluding tert-OH is 2. The Morgan fingerprint density at radius 3 is 2.76 bits per heavy atom. The molecule has 7 heteroatoms. The fourth-order valence-corrected chi connectivity index (χ4v) is 5.49. The van der Waals surface area contributed by atoms with E-state index in [0.717, 1.165) is 47.2 Å². The van der Waals surface area contributed by atoms with Crippen molar-refractivity contribution in [3.05, 3.63) is 35.5 Å². The lowest BCUT2D eigenvalue weighted by Gasteiger charge is -2.30. The molecule has 0 saturated heterocycles. The van der Waals surface area contributed by atoms with Crippen LogP contribution in [0.5, 0.6) is 0 Å². The van der Waals surface area contributed by atoms with Crippen LogP contribution < -0.4 is 4.90 Å². The topological polar surface area (TPSA) is 105 Å². The number of amides is 1. The second kappa shape index (κ2) is 8.61. The predicted molar refractivity (Wildman–Crippen MR) is 129 cm³/mol. The number of rotatable bonds is 5. The zero-order valence-electron chi connectivity index (χ0n) is 19.5. The van der Waals surface area contributed by atoms with Gasteiger partial charge in [0.2, 0.25) is 5.91 Å². The Morgan fingerprint density at radius 1 is 1.21 bits per heavy atom. The van der Waals surface area contributed by atoms with E-state index >= 15 is 0 Å². The number of carbonyl (C=O) groups is 1. The third-order valence-corrected chi connectivity index (χ3v) is 7.47. The summed E-state index contributed by atoms with van der Waals surface area (Å²) in [6, 6.07) is 8.09. The molecule has 5 rings (SSSR count). The molecule has 2 heterocycles. The largest absolute Gasteiger partial charge is 0.395 e. The number of benzene rings is 1. The molecule has 176 valence electrons. The highest BCUT2D eigenvalue weighted by Gasteiger charge is 2.31. The second-order valence-corrected chi connectivity index (χ2v) is 10.5. The van der Waals surface area contributed by atoms with E-state index in [1.165, 1.54) is 11.3 Å². The lowest BCUT2D eigenvalue weighted by Crippen LogP contribution is -2.40. The number of nitrogens with zero attached hydrogens (tertiary/aromatic N) is 2. The Morgan fingerprint density at radius 2 is 2.00 bits per heavy atom. The summed E-state index contributed by atoms with van der Waals surface area (Å²) >= 11 is 0. The van der Waals surface area contributed by atoms with E-state index in [1.54, 1.807) is 4.90 Å². The van der Waals surface area contributed by atoms with Gasteiger partial charge in [0.25, 0.3) is 0 Å². The van der Waals surface area contributed by atoms with Crippen LogP contribution in [0.4, 0.5) is 5.69 Å². The molecule has 1 amide bonds. The van der Waals surface area contributed by atoms with Crippen LogP contribution in [-0.2, 0) is 17.6 Å². The number of hydrogen-bond donors (Lipinski definition) is 4. The van der Waals surface area contributed by atoms with Gasteiger partial charge in [0, 0.05) is 40.3 Å². The van der Waals surface area contributed by atoms with Crippen LogP contribution >= 0.6 is 0 Å². The van der Waals surface area contributed by atoms with Crippen molar-refractivity contribution in [2.24, 2.45) is 11.3 Å². The third kappa shape index (κ3) is 4.32. The monoisotopic (exact) mass is 450 g/mol. The standard InChI is InChI=1S/C26H34N4O3/c1-26(2)10-9-20-23(15-26)28-29-24(20)22-13-17-3-6-18(14-21(17)27-22)30(11-12-31)25(33)16-4-7-19(32)8-5-16/h3,6,13-14,16,19,27,31-32H,4-5,7-12,15H2,1-2H3,(H,28,29)/t16-,19+. The minimum absolute atomic E-state index is 0.0334. The van der Waals surface area contributed by atoms with Gasteiger partial charge in [0.1, 0.15) is 5.69 Å². The number of carbonyl (C=O) groups excluding carboxylic acids is 1. The molecule has 2 aliphatic carbocycles. The SMILES string of the molecule is CC1(C)CCc2c(-c3cc4ccc(N(CCO)C(=O)[C@H]5CC[C@@H](O)CC5)cc4[nH]3)n[nH]c2C1. The molecule has 0 aliphatic heterocycles. The summed E-state index contributed by atoms with van der Waals surface area (Å²) in [6.07, 6.45) is 5.58. The average molecular weight is 451 g/mol. The fourth-order valence-electron chi connectivity index (χ4n) is 5.49. The summed E-state index contributed by atoms with van der Waals surface area (Å²) in [5, 5.41) is 28.4. The van der Waals surface area contributed by atoms with Crippen molar-refractivity contribution in [3.63, 3.8) is 0 Å². The molecule has 0 bridgehead atoms. The van der Waals surface area contributed by atoms with Crippen LogP contribution in [-0.4, -0.2) is 50.6 Å². The lowest BCUT2D eigenvalue weighted by atomic mass is 9.76. The minimum Gasteiger partial charge on any atom is -0.395 e. The molecule has 1 fully saturated rings. The van der Waals surface area contributed by atoms with Gasteiger partial charge in [-0.05, 0) is 68.6 Å². The number of fused-ring (bicyclic) bond motifs is 2. The van der Waals surface area contributed by atoms with Gasteiger partial charge < -0.3 is 20.1 Å². The Labute approximate surface area is 194 Å². The molecule has 1 aromatic carbocycles. The second-order valence-electron chi connectivity index (χ2n) is 10.5. The van der Waals surface area contributed by atoms with E-state index in [0.29, 0.717) is 31.1 Å². The molecule has 7 nitrogen and oxygen atoms in total. The van der Waals surface area contributed by atoms with Crippen molar-refractivity contribution in [2.75, 3.05) is 18.1 Å². The highest BCUT2D eigenvalue weighted by atomic mass is 16.3. The molecule has 1 saturated carbocycles. The van der Waals surface area contributed by atoms with E-state index in [9.17, 15) is 15.0 Å². The number of H-pyrrole nitrogens is 2. The molecule has 0 unspecified atom stereocenters. The molecule has 0 radical (unpaired) electrons. The smallest absolute Gasteiger partial charge is 0.230 e. The summed E-state index contributed by atoms with van der Waals surface area (Å²) in [6.45, 7) is 4.77. The molecule has 0 atom stereocenters. The van der Waals surface area contributed by atoms with Crippen LogP contribution in [0.15, 0.2) is 24.3 Å². The minimum atomic E-state index is -0.298. The summed E-state index contributed by atoms with van der Waals surface area (Å²) in [4.78, 5) is 18.5. The normalized spacial score (nSPS) is 22.3. The first kappa shape index (κ1) is 22.2. The zero-order valence-corrected chi connectivity index (χ0v) is 19.5. The number of hydrogen-bond acceptors (Lipinski definition) is 4. The van der Waals surface area contributed by atoms with Crippen molar-refractivity contribution in [1.29, 1.82) is 0 Å². The first-order valence-corrected chi connectivity index (χ1v) is 12.1. The molecule has 4 N–H and O–H groups in total. The summed E-state index contributed by atoms with van der Waals surface area (Å²) in [7, 11) is 0. The van der Waals surface area contributed by atoms with Crippen molar-refractivity contribution in [1.82, 2.24) is 15.2 Å². The van der Waals surface area contributed by atoms with Gasteiger partial charge >= 0.3 is 0 Å². The third-order valence-electron chi connectivity index (χ3n) is 7.47. The maximum Gasteiger partial charge on any atom is 0.230 e. The van der Waals surface area contributed by atoms with Gasteiger partial charge in [-0.1, -0.05) is 19.9 Å². The first-order chi connectivity index (χ1) is 15.8. The Bertz CT molecular complexity index is 1150. The highest BCUT2D eigenvalue weighted by molar-refractivity contribution is 5.98. The number of nitrogens with one attached hydrogen (secondary N) is 2. The number of aromatic nitrogens is 3. The van der Waals surface area contributed by atoms with Crippen LogP contribution in [0.1, 0.15) is 57.2 Å². The van der Waals surface area contributed by atoms with Crippen molar-refractivity contribution in [3.8, 4) is 11.4 Å². The number of aliphatic hydroxyl groups is 2. The quantitative estimate of drug-likeness (QED) is 0.472. The van der Waals surface area contributed by atoms with E-state index in [1.807, 2.05) is 18.2 Å². The fraction of sp³-hybridized carbons (Fsp3) is 0.538. The van der Waals surface area contributed by atoms with Gasteiger partial charge in [-0.2, -0.15) is 5.10 Å². The average Bonchev–Trinajstić information content (AvgIpc) is 3.39. The maximum atomic E-state index is 13.2. The predicted octanol–water partition coefficient (Wildman–Crippen LogP) is 3.95. The van der Waals surface area contributed by atoms with Crippen LogP contribution in [0.25, 0.3) is 22.3 Å². The lowest BCUT2D eigenvalue weighted by molar-refractivity contribution is -0.124. The Kier molecular flexibility index (Phi) is 5.79. The molecule has 33 heavy (non-hydrogen) atoms. The summed E-state index contributed by atoms with van der Waals surface area (Å²) in [5.74, 6) is -0.0688. The van der Waals surface area contributed by atoms with Gasteiger partial charge in [0.15, 0.2) is 0 Å². The van der Waals surface area contributed by atoms with E-state index < -0.39 is 0 Å². The number of anilines is 1. The summed E-state index contributed by atoms with van der Waals surface area (Å²) < 4.78 is 0.